The first-order valence-corrected chi connectivity index (χ1v) is 7.47. The summed E-state index contributed by atoms with van der Waals surface area (Å²) in [5, 5.41) is 9.77. The van der Waals surface area contributed by atoms with E-state index in [1.165, 1.54) is 11.8 Å². The SMILES string of the molecule is C=CCSc1nnc2n(CC=C)c(=O)c3ccccc3n12. The molecule has 0 unspecified atom stereocenters. The average molecular weight is 298 g/mol. The van der Waals surface area contributed by atoms with Crippen molar-refractivity contribution in [2.45, 2.75) is 11.7 Å². The molecule has 3 rings (SSSR count). The van der Waals surface area contributed by atoms with E-state index in [2.05, 4.69) is 23.4 Å². The molecule has 6 heteroatoms. The van der Waals surface area contributed by atoms with E-state index in [9.17, 15) is 4.79 Å². The number of thioether (sulfide) groups is 1. The van der Waals surface area contributed by atoms with E-state index in [0.29, 0.717) is 17.7 Å². The quantitative estimate of drug-likeness (QED) is 0.536. The van der Waals surface area contributed by atoms with E-state index in [0.717, 1.165) is 16.4 Å². The summed E-state index contributed by atoms with van der Waals surface area (Å²) in [6.07, 6.45) is 3.50. The van der Waals surface area contributed by atoms with Gasteiger partial charge in [-0.1, -0.05) is 36.0 Å². The van der Waals surface area contributed by atoms with Gasteiger partial charge in [-0.05, 0) is 12.1 Å². The van der Waals surface area contributed by atoms with E-state index in [-0.39, 0.29) is 5.56 Å². The zero-order valence-corrected chi connectivity index (χ0v) is 12.2. The number of rotatable bonds is 5. The van der Waals surface area contributed by atoms with Crippen LogP contribution in [0, 0.1) is 0 Å². The molecule has 0 amide bonds. The normalized spacial score (nSPS) is 11.0. The summed E-state index contributed by atoms with van der Waals surface area (Å²) in [4.78, 5) is 12.6. The third-order valence-electron chi connectivity index (χ3n) is 3.12. The number of nitrogens with zero attached hydrogens (tertiary/aromatic N) is 4. The van der Waals surface area contributed by atoms with Crippen molar-refractivity contribution in [1.29, 1.82) is 0 Å². The molecule has 5 nitrogen and oxygen atoms in total. The lowest BCUT2D eigenvalue weighted by Gasteiger charge is -2.09. The van der Waals surface area contributed by atoms with Crippen LogP contribution in [0.25, 0.3) is 16.7 Å². The van der Waals surface area contributed by atoms with Gasteiger partial charge >= 0.3 is 0 Å². The van der Waals surface area contributed by atoms with Crippen LogP contribution in [0.1, 0.15) is 0 Å². The summed E-state index contributed by atoms with van der Waals surface area (Å²) in [6, 6.07) is 7.48. The second-order valence-electron chi connectivity index (χ2n) is 4.44. The minimum Gasteiger partial charge on any atom is -0.272 e. The van der Waals surface area contributed by atoms with Gasteiger partial charge in [-0.25, -0.2) is 0 Å². The van der Waals surface area contributed by atoms with Gasteiger partial charge in [0.1, 0.15) is 0 Å². The molecular weight excluding hydrogens is 284 g/mol. The van der Waals surface area contributed by atoms with Gasteiger partial charge in [0, 0.05) is 12.3 Å². The van der Waals surface area contributed by atoms with Gasteiger partial charge in [0.15, 0.2) is 5.16 Å². The summed E-state index contributed by atoms with van der Waals surface area (Å²) in [5.41, 5.74) is 0.736. The molecule has 2 aromatic heterocycles. The van der Waals surface area contributed by atoms with Crippen LogP contribution in [0.4, 0.5) is 0 Å². The largest absolute Gasteiger partial charge is 0.272 e. The molecule has 0 saturated carbocycles. The Morgan fingerprint density at radius 2 is 2.00 bits per heavy atom. The molecule has 0 fully saturated rings. The van der Waals surface area contributed by atoms with Crippen molar-refractivity contribution >= 4 is 28.4 Å². The topological polar surface area (TPSA) is 52.2 Å². The maximum absolute atomic E-state index is 12.6. The Kier molecular flexibility index (Phi) is 3.62. The lowest BCUT2D eigenvalue weighted by atomic mass is 10.2. The Morgan fingerprint density at radius 1 is 1.19 bits per heavy atom. The van der Waals surface area contributed by atoms with Crippen LogP contribution < -0.4 is 5.56 Å². The summed E-state index contributed by atoms with van der Waals surface area (Å²) in [6.45, 7) is 7.82. The van der Waals surface area contributed by atoms with Crippen molar-refractivity contribution in [2.75, 3.05) is 5.75 Å². The summed E-state index contributed by atoms with van der Waals surface area (Å²) in [5.74, 6) is 1.26. The molecule has 0 bridgehead atoms. The molecule has 0 aliphatic rings. The number of aromatic nitrogens is 4. The molecule has 106 valence electrons. The number of fused-ring (bicyclic) bond motifs is 3. The summed E-state index contributed by atoms with van der Waals surface area (Å²) in [7, 11) is 0. The predicted octanol–water partition coefficient (Wildman–Crippen LogP) is 2.51. The lowest BCUT2D eigenvalue weighted by Crippen LogP contribution is -2.22. The molecule has 0 radical (unpaired) electrons. The zero-order chi connectivity index (χ0) is 14.8. The van der Waals surface area contributed by atoms with Crippen molar-refractivity contribution in [2.24, 2.45) is 0 Å². The molecule has 0 saturated heterocycles. The Hall–Kier alpha value is -2.34. The Labute approximate surface area is 125 Å². The van der Waals surface area contributed by atoms with Gasteiger partial charge in [0.05, 0.1) is 10.9 Å². The van der Waals surface area contributed by atoms with Gasteiger partial charge in [0.2, 0.25) is 5.78 Å². The first-order chi connectivity index (χ1) is 10.3. The Balaban J connectivity index is 2.43. The van der Waals surface area contributed by atoms with Crippen molar-refractivity contribution in [3.63, 3.8) is 0 Å². The molecule has 2 heterocycles. The second-order valence-corrected chi connectivity index (χ2v) is 5.43. The highest BCUT2D eigenvalue weighted by atomic mass is 32.2. The van der Waals surface area contributed by atoms with Crippen molar-refractivity contribution in [3.05, 3.63) is 59.9 Å². The molecule has 0 spiro atoms. The van der Waals surface area contributed by atoms with Crippen LogP contribution in [0.3, 0.4) is 0 Å². The smallest absolute Gasteiger partial charge is 0.263 e. The van der Waals surface area contributed by atoms with Crippen LogP contribution >= 0.6 is 11.8 Å². The standard InChI is InChI=1S/C15H14N4OS/c1-3-9-18-13(20)11-7-5-6-8-12(11)19-14(18)16-17-15(19)21-10-4-2/h3-8H,1-2,9-10H2. The third-order valence-corrected chi connectivity index (χ3v) is 4.04. The van der Waals surface area contributed by atoms with E-state index in [1.807, 2.05) is 34.7 Å². The van der Waals surface area contributed by atoms with Crippen LogP contribution in [0.5, 0.6) is 0 Å². The van der Waals surface area contributed by atoms with Crippen molar-refractivity contribution in [1.82, 2.24) is 19.2 Å². The van der Waals surface area contributed by atoms with E-state index >= 15 is 0 Å². The maximum atomic E-state index is 12.6. The van der Waals surface area contributed by atoms with Crippen molar-refractivity contribution in [3.8, 4) is 0 Å². The van der Waals surface area contributed by atoms with Gasteiger partial charge in [-0.2, -0.15) is 0 Å². The monoisotopic (exact) mass is 298 g/mol. The van der Waals surface area contributed by atoms with E-state index in [1.54, 1.807) is 10.6 Å². The van der Waals surface area contributed by atoms with Gasteiger partial charge in [0.25, 0.3) is 5.56 Å². The Morgan fingerprint density at radius 3 is 2.76 bits per heavy atom. The fraction of sp³-hybridized carbons (Fsp3) is 0.133. The maximum Gasteiger partial charge on any atom is 0.263 e. The second kappa shape index (κ2) is 5.57. The number of allylic oxidation sites excluding steroid dienone is 1. The number of benzene rings is 1. The zero-order valence-electron chi connectivity index (χ0n) is 11.4. The highest BCUT2D eigenvalue weighted by Crippen LogP contribution is 2.21. The summed E-state index contributed by atoms with van der Waals surface area (Å²) < 4.78 is 3.49. The average Bonchev–Trinajstić information content (AvgIpc) is 2.93. The fourth-order valence-electron chi connectivity index (χ4n) is 2.25. The molecule has 1 aromatic carbocycles. The summed E-state index contributed by atoms with van der Waals surface area (Å²) >= 11 is 1.53. The molecule has 21 heavy (non-hydrogen) atoms. The molecule has 0 atom stereocenters. The minimum atomic E-state index is -0.0781. The van der Waals surface area contributed by atoms with Crippen LogP contribution in [-0.2, 0) is 6.54 Å². The predicted molar refractivity (Wildman–Crippen MR) is 85.9 cm³/mol. The Bertz CT molecular complexity index is 894. The highest BCUT2D eigenvalue weighted by molar-refractivity contribution is 7.99. The van der Waals surface area contributed by atoms with Crippen LogP contribution in [0.2, 0.25) is 0 Å². The highest BCUT2D eigenvalue weighted by Gasteiger charge is 2.15. The lowest BCUT2D eigenvalue weighted by molar-refractivity contribution is 0.783. The molecule has 0 aliphatic carbocycles. The number of hydrogen-bond acceptors (Lipinski definition) is 4. The fourth-order valence-corrected chi connectivity index (χ4v) is 2.93. The molecule has 3 aromatic rings. The van der Waals surface area contributed by atoms with Crippen LogP contribution in [0.15, 0.2) is 59.5 Å². The number of hydrogen-bond donors (Lipinski definition) is 0. The molecule has 0 aliphatic heterocycles. The molecular formula is C15H14N4OS. The van der Waals surface area contributed by atoms with Gasteiger partial charge in [-0.3, -0.25) is 13.8 Å². The molecule has 0 N–H and O–H groups in total. The number of para-hydroxylation sites is 1. The van der Waals surface area contributed by atoms with E-state index in [4.69, 9.17) is 0 Å². The van der Waals surface area contributed by atoms with Crippen molar-refractivity contribution < 1.29 is 0 Å². The van der Waals surface area contributed by atoms with Gasteiger partial charge < -0.3 is 0 Å². The first kappa shape index (κ1) is 13.6. The van der Waals surface area contributed by atoms with Gasteiger partial charge in [-0.15, -0.1) is 23.4 Å². The minimum absolute atomic E-state index is 0.0781. The van der Waals surface area contributed by atoms with Crippen LogP contribution in [-0.4, -0.2) is 24.9 Å². The van der Waals surface area contributed by atoms with E-state index < -0.39 is 0 Å². The first-order valence-electron chi connectivity index (χ1n) is 6.49. The third kappa shape index (κ3) is 2.17.